The largest absolute Gasteiger partial charge is 0.510 e. The van der Waals surface area contributed by atoms with Crippen LogP contribution in [0.15, 0.2) is 0 Å². The predicted molar refractivity (Wildman–Crippen MR) is 113 cm³/mol. The second-order valence-electron chi connectivity index (χ2n) is 8.52. The molecule has 1 rings (SSSR count). The molecule has 10 heteroatoms. The highest BCUT2D eigenvalue weighted by Gasteiger charge is 2.33. The molecule has 0 saturated heterocycles. The van der Waals surface area contributed by atoms with Crippen LogP contribution in [0.25, 0.3) is 0 Å². The molecular weight excluding hydrogens is 424 g/mol. The van der Waals surface area contributed by atoms with Crippen LogP contribution >= 0.6 is 0 Å². The topological polar surface area (TPSA) is 116 Å². The van der Waals surface area contributed by atoms with Gasteiger partial charge in [0.25, 0.3) is 0 Å². The van der Waals surface area contributed by atoms with Gasteiger partial charge in [0.2, 0.25) is 0 Å². The number of ether oxygens (including phenoxy) is 7. The minimum Gasteiger partial charge on any atom is -0.463 e. The molecule has 0 spiro atoms. The van der Waals surface area contributed by atoms with E-state index in [9.17, 15) is 14.4 Å². The van der Waals surface area contributed by atoms with Crippen molar-refractivity contribution in [2.24, 2.45) is 5.92 Å². The van der Waals surface area contributed by atoms with Crippen LogP contribution < -0.4 is 0 Å². The number of hydrogen-bond donors (Lipinski definition) is 0. The lowest BCUT2D eigenvalue weighted by Gasteiger charge is -2.35. The van der Waals surface area contributed by atoms with E-state index in [0.717, 1.165) is 6.42 Å². The minimum absolute atomic E-state index is 0.146. The van der Waals surface area contributed by atoms with E-state index in [-0.39, 0.29) is 49.9 Å². The van der Waals surface area contributed by atoms with Crippen LogP contribution in [0.1, 0.15) is 73.6 Å². The van der Waals surface area contributed by atoms with Crippen LogP contribution in [0.2, 0.25) is 0 Å². The fourth-order valence-electron chi connectivity index (χ4n) is 3.25. The lowest BCUT2D eigenvalue weighted by Crippen LogP contribution is -2.39. The Balaban J connectivity index is 2.55. The second kappa shape index (κ2) is 14.9. The fourth-order valence-corrected chi connectivity index (χ4v) is 3.25. The van der Waals surface area contributed by atoms with Crippen molar-refractivity contribution in [3.8, 4) is 0 Å². The van der Waals surface area contributed by atoms with Gasteiger partial charge in [-0.25, -0.2) is 9.59 Å². The highest BCUT2D eigenvalue weighted by atomic mass is 16.8. The molecule has 0 heterocycles. The molecule has 0 aromatic rings. The van der Waals surface area contributed by atoms with E-state index in [1.807, 2.05) is 13.8 Å². The van der Waals surface area contributed by atoms with E-state index in [1.165, 1.54) is 0 Å². The van der Waals surface area contributed by atoms with E-state index >= 15 is 0 Å². The minimum atomic E-state index is -0.818. The number of hydrogen-bond acceptors (Lipinski definition) is 10. The maximum absolute atomic E-state index is 11.8. The molecule has 1 aliphatic rings. The zero-order valence-corrected chi connectivity index (χ0v) is 20.0. The molecule has 32 heavy (non-hydrogen) atoms. The molecule has 0 amide bonds. The average molecular weight is 463 g/mol. The summed E-state index contributed by atoms with van der Waals surface area (Å²) in [6.07, 6.45) is -0.127. The zero-order chi connectivity index (χ0) is 24.1. The fraction of sp³-hybridized carbons (Fsp3) is 0.864. The Morgan fingerprint density at radius 3 is 1.72 bits per heavy atom. The molecule has 1 aliphatic carbocycles. The molecule has 0 aromatic carbocycles. The van der Waals surface area contributed by atoms with Crippen LogP contribution in [0, 0.1) is 5.92 Å². The lowest BCUT2D eigenvalue weighted by molar-refractivity contribution is -0.173. The van der Waals surface area contributed by atoms with Crippen LogP contribution in [0.3, 0.4) is 0 Å². The molecule has 1 saturated carbocycles. The van der Waals surface area contributed by atoms with E-state index < -0.39 is 18.4 Å². The Bertz CT molecular complexity index is 575. The number of carbonyl (C=O) groups excluding carboxylic acids is 3. The monoisotopic (exact) mass is 462 g/mol. The number of esters is 1. The van der Waals surface area contributed by atoms with Gasteiger partial charge in [-0.2, -0.15) is 0 Å². The van der Waals surface area contributed by atoms with Crippen molar-refractivity contribution in [3.05, 3.63) is 0 Å². The summed E-state index contributed by atoms with van der Waals surface area (Å²) >= 11 is 0. The summed E-state index contributed by atoms with van der Waals surface area (Å²) < 4.78 is 36.3. The second-order valence-corrected chi connectivity index (χ2v) is 8.52. The summed E-state index contributed by atoms with van der Waals surface area (Å²) in [6, 6.07) is 0. The molecule has 10 nitrogen and oxygen atoms in total. The van der Waals surface area contributed by atoms with E-state index in [4.69, 9.17) is 33.2 Å². The van der Waals surface area contributed by atoms with Crippen LogP contribution in [0.4, 0.5) is 9.59 Å². The molecule has 0 aromatic heterocycles. The Labute approximate surface area is 190 Å². The van der Waals surface area contributed by atoms with Gasteiger partial charge in [-0.1, -0.05) is 0 Å². The normalized spacial score (nSPS) is 20.8. The Morgan fingerprint density at radius 1 is 0.719 bits per heavy atom. The maximum Gasteiger partial charge on any atom is 0.510 e. The third kappa shape index (κ3) is 12.7. The first-order chi connectivity index (χ1) is 15.1. The first-order valence-corrected chi connectivity index (χ1v) is 11.2. The molecule has 0 N–H and O–H groups in total. The summed E-state index contributed by atoms with van der Waals surface area (Å²) in [5, 5.41) is 0. The molecule has 3 unspecified atom stereocenters. The van der Waals surface area contributed by atoms with Gasteiger partial charge in [-0.15, -0.1) is 0 Å². The Hall–Kier alpha value is -2.07. The van der Waals surface area contributed by atoms with Crippen molar-refractivity contribution < 1.29 is 47.5 Å². The zero-order valence-electron chi connectivity index (χ0n) is 20.0. The molecule has 186 valence electrons. The first kappa shape index (κ1) is 28.0. The highest BCUT2D eigenvalue weighted by molar-refractivity contribution is 5.69. The van der Waals surface area contributed by atoms with Crippen molar-refractivity contribution in [2.75, 3.05) is 13.6 Å². The van der Waals surface area contributed by atoms with Gasteiger partial charge >= 0.3 is 18.3 Å². The van der Waals surface area contributed by atoms with Gasteiger partial charge in [0.1, 0.15) is 0 Å². The Morgan fingerprint density at radius 2 is 1.22 bits per heavy atom. The van der Waals surface area contributed by atoms with Gasteiger partial charge < -0.3 is 33.2 Å². The van der Waals surface area contributed by atoms with Crippen molar-refractivity contribution in [1.82, 2.24) is 0 Å². The SMILES string of the molecule is CC(C)OC(=O)CCC1CCC(OCOC(=O)OC(C)C)C(OCOC(=O)OC(C)C)C1. The van der Waals surface area contributed by atoms with Gasteiger partial charge in [-0.05, 0) is 73.1 Å². The molecule has 3 atom stereocenters. The summed E-state index contributed by atoms with van der Waals surface area (Å²) in [4.78, 5) is 34.9. The Kier molecular flexibility index (Phi) is 13.0. The summed E-state index contributed by atoms with van der Waals surface area (Å²) in [7, 11) is 0. The van der Waals surface area contributed by atoms with E-state index in [0.29, 0.717) is 25.7 Å². The lowest BCUT2D eigenvalue weighted by atomic mass is 9.82. The average Bonchev–Trinajstić information content (AvgIpc) is 2.66. The summed E-state index contributed by atoms with van der Waals surface area (Å²) in [5.41, 5.74) is 0. The van der Waals surface area contributed by atoms with Crippen LogP contribution in [0.5, 0.6) is 0 Å². The molecule has 0 radical (unpaired) electrons. The third-order valence-corrected chi connectivity index (χ3v) is 4.55. The predicted octanol–water partition coefficient (Wildman–Crippen LogP) is 4.33. The number of rotatable bonds is 12. The van der Waals surface area contributed by atoms with Gasteiger partial charge in [0.05, 0.1) is 30.5 Å². The van der Waals surface area contributed by atoms with Crippen LogP contribution in [-0.4, -0.2) is 62.4 Å². The summed E-state index contributed by atoms with van der Waals surface area (Å²) in [5.74, 6) is -0.0123. The smallest absolute Gasteiger partial charge is 0.463 e. The van der Waals surface area contributed by atoms with Crippen molar-refractivity contribution in [2.45, 2.75) is 104 Å². The van der Waals surface area contributed by atoms with E-state index in [2.05, 4.69) is 0 Å². The molecule has 0 aliphatic heterocycles. The van der Waals surface area contributed by atoms with Crippen LogP contribution in [-0.2, 0) is 38.0 Å². The van der Waals surface area contributed by atoms with Crippen molar-refractivity contribution in [3.63, 3.8) is 0 Å². The molecular formula is C22H38O10. The van der Waals surface area contributed by atoms with Crippen molar-refractivity contribution in [1.29, 1.82) is 0 Å². The third-order valence-electron chi connectivity index (χ3n) is 4.55. The first-order valence-electron chi connectivity index (χ1n) is 11.2. The van der Waals surface area contributed by atoms with Gasteiger partial charge in [0.15, 0.2) is 13.6 Å². The highest BCUT2D eigenvalue weighted by Crippen LogP contribution is 2.32. The number of carbonyl (C=O) groups is 3. The van der Waals surface area contributed by atoms with E-state index in [1.54, 1.807) is 27.7 Å². The molecule has 1 fully saturated rings. The van der Waals surface area contributed by atoms with Crippen molar-refractivity contribution >= 4 is 18.3 Å². The standard InChI is InChI=1S/C22H38O10/c1-14(2)30-20(23)10-8-17-7-9-18(26-12-28-21(24)31-15(3)4)19(11-17)27-13-29-22(25)32-16(5)6/h14-19H,7-13H2,1-6H3. The summed E-state index contributed by atoms with van der Waals surface area (Å²) in [6.45, 7) is 9.91. The molecule has 0 bridgehead atoms. The quantitative estimate of drug-likeness (QED) is 0.236. The maximum atomic E-state index is 11.8. The van der Waals surface area contributed by atoms with Gasteiger partial charge in [0, 0.05) is 6.42 Å². The van der Waals surface area contributed by atoms with Gasteiger partial charge in [-0.3, -0.25) is 4.79 Å².